The second kappa shape index (κ2) is 8.62. The Morgan fingerprint density at radius 3 is 2.88 bits per heavy atom. The van der Waals surface area contributed by atoms with Gasteiger partial charge in [0.05, 0.1) is 6.20 Å². The molecule has 2 saturated heterocycles. The quantitative estimate of drug-likeness (QED) is 0.883. The summed E-state index contributed by atoms with van der Waals surface area (Å²) in [6.45, 7) is 9.88. The molecule has 1 amide bonds. The highest BCUT2D eigenvalue weighted by molar-refractivity contribution is 5.79. The molecule has 2 aliphatic rings. The highest BCUT2D eigenvalue weighted by Gasteiger charge is 2.27. The lowest BCUT2D eigenvalue weighted by atomic mass is 9.96. The monoisotopic (exact) mass is 333 g/mol. The Hall–Kier alpha value is -1.40. The molecular formula is C18H31N5O. The number of nitrogens with zero attached hydrogens (tertiary/aromatic N) is 4. The van der Waals surface area contributed by atoms with Gasteiger partial charge in [0.25, 0.3) is 0 Å². The van der Waals surface area contributed by atoms with E-state index in [0.29, 0.717) is 5.91 Å². The highest BCUT2D eigenvalue weighted by Crippen LogP contribution is 2.17. The largest absolute Gasteiger partial charge is 0.341 e. The van der Waals surface area contributed by atoms with Gasteiger partial charge in [-0.25, -0.2) is 0 Å². The smallest absolute Gasteiger partial charge is 0.225 e. The third-order valence-electron chi connectivity index (χ3n) is 5.13. The lowest BCUT2D eigenvalue weighted by Crippen LogP contribution is -2.42. The number of amides is 1. The van der Waals surface area contributed by atoms with Gasteiger partial charge in [-0.1, -0.05) is 6.92 Å². The lowest BCUT2D eigenvalue weighted by molar-refractivity contribution is -0.136. The average Bonchev–Trinajstić information content (AvgIpc) is 2.91. The first-order valence-corrected chi connectivity index (χ1v) is 9.49. The molecule has 3 heterocycles. The van der Waals surface area contributed by atoms with E-state index in [1.165, 1.54) is 5.56 Å². The van der Waals surface area contributed by atoms with Gasteiger partial charge in [-0.3, -0.25) is 14.4 Å². The minimum absolute atomic E-state index is 0.241. The van der Waals surface area contributed by atoms with Crippen molar-refractivity contribution in [2.24, 2.45) is 5.92 Å². The summed E-state index contributed by atoms with van der Waals surface area (Å²) in [7, 11) is 0. The standard InChI is InChI=1S/C18H31N5O/c1-2-8-23-15-16(13-20-23)14-21-9-3-10-22(12-11-21)18(24)17-4-6-19-7-5-17/h13,15,17,19H,2-12,14H2,1H3. The minimum atomic E-state index is 0.241. The van der Waals surface area contributed by atoms with Gasteiger partial charge in [-0.15, -0.1) is 0 Å². The Morgan fingerprint density at radius 2 is 2.08 bits per heavy atom. The molecule has 3 rings (SSSR count). The lowest BCUT2D eigenvalue weighted by Gasteiger charge is -2.28. The Labute approximate surface area is 145 Å². The van der Waals surface area contributed by atoms with Crippen LogP contribution in [0.25, 0.3) is 0 Å². The van der Waals surface area contributed by atoms with E-state index in [1.807, 2.05) is 10.9 Å². The first-order valence-electron chi connectivity index (χ1n) is 9.49. The van der Waals surface area contributed by atoms with Crippen LogP contribution in [0.5, 0.6) is 0 Å². The predicted octanol–water partition coefficient (Wildman–Crippen LogP) is 1.33. The van der Waals surface area contributed by atoms with Crippen molar-refractivity contribution in [2.75, 3.05) is 39.3 Å². The average molecular weight is 333 g/mol. The van der Waals surface area contributed by atoms with Gasteiger partial charge in [0.2, 0.25) is 5.91 Å². The number of rotatable bonds is 5. The molecule has 1 aromatic rings. The summed E-state index contributed by atoms with van der Waals surface area (Å²) in [5.41, 5.74) is 1.28. The van der Waals surface area contributed by atoms with Crippen LogP contribution in [0, 0.1) is 5.92 Å². The van der Waals surface area contributed by atoms with Crippen LogP contribution in [0.15, 0.2) is 12.4 Å². The van der Waals surface area contributed by atoms with Crippen LogP contribution < -0.4 is 5.32 Å². The second-order valence-electron chi connectivity index (χ2n) is 7.09. The summed E-state index contributed by atoms with van der Waals surface area (Å²) >= 11 is 0. The zero-order valence-corrected chi connectivity index (χ0v) is 14.9. The van der Waals surface area contributed by atoms with Gasteiger partial charge in [-0.05, 0) is 38.8 Å². The fourth-order valence-electron chi connectivity index (χ4n) is 3.77. The summed E-state index contributed by atoms with van der Waals surface area (Å²) in [5, 5.41) is 7.76. The van der Waals surface area contributed by atoms with E-state index >= 15 is 0 Å². The molecule has 2 fully saturated rings. The third-order valence-corrected chi connectivity index (χ3v) is 5.13. The fraction of sp³-hybridized carbons (Fsp3) is 0.778. The van der Waals surface area contributed by atoms with E-state index in [0.717, 1.165) is 78.0 Å². The van der Waals surface area contributed by atoms with Crippen LogP contribution in [-0.4, -0.2) is 64.8 Å². The number of piperidine rings is 1. The van der Waals surface area contributed by atoms with Crippen molar-refractivity contribution >= 4 is 5.91 Å². The van der Waals surface area contributed by atoms with Crippen molar-refractivity contribution in [1.29, 1.82) is 0 Å². The van der Waals surface area contributed by atoms with E-state index in [2.05, 4.69) is 33.3 Å². The Kier molecular flexibility index (Phi) is 6.26. The summed E-state index contributed by atoms with van der Waals surface area (Å²) in [6.07, 6.45) is 8.31. The van der Waals surface area contributed by atoms with E-state index < -0.39 is 0 Å². The summed E-state index contributed by atoms with van der Waals surface area (Å²) in [5.74, 6) is 0.624. The molecule has 0 unspecified atom stereocenters. The maximum Gasteiger partial charge on any atom is 0.225 e. The van der Waals surface area contributed by atoms with E-state index in [4.69, 9.17) is 0 Å². The number of aryl methyl sites for hydroxylation is 1. The normalized spacial score (nSPS) is 21.0. The SMILES string of the molecule is CCCn1cc(CN2CCCN(C(=O)C3CCNCC3)CC2)cn1. The topological polar surface area (TPSA) is 53.4 Å². The molecule has 134 valence electrons. The van der Waals surface area contributed by atoms with Crippen molar-refractivity contribution in [3.63, 3.8) is 0 Å². The second-order valence-corrected chi connectivity index (χ2v) is 7.09. The zero-order chi connectivity index (χ0) is 16.8. The molecule has 0 spiro atoms. The van der Waals surface area contributed by atoms with Crippen LogP contribution in [0.1, 0.15) is 38.2 Å². The van der Waals surface area contributed by atoms with Crippen molar-refractivity contribution < 1.29 is 4.79 Å². The maximum atomic E-state index is 12.7. The van der Waals surface area contributed by atoms with E-state index in [-0.39, 0.29) is 5.92 Å². The number of hydrogen-bond acceptors (Lipinski definition) is 4. The molecule has 0 bridgehead atoms. The Morgan fingerprint density at radius 1 is 1.25 bits per heavy atom. The summed E-state index contributed by atoms with van der Waals surface area (Å²) in [6, 6.07) is 0. The minimum Gasteiger partial charge on any atom is -0.341 e. The molecule has 0 aliphatic carbocycles. The molecule has 0 radical (unpaired) electrons. The first kappa shape index (κ1) is 17.4. The van der Waals surface area contributed by atoms with E-state index in [9.17, 15) is 4.79 Å². The van der Waals surface area contributed by atoms with Crippen LogP contribution >= 0.6 is 0 Å². The maximum absolute atomic E-state index is 12.7. The first-order chi connectivity index (χ1) is 11.8. The van der Waals surface area contributed by atoms with Crippen LogP contribution in [0.3, 0.4) is 0 Å². The van der Waals surface area contributed by atoms with Gasteiger partial charge >= 0.3 is 0 Å². The van der Waals surface area contributed by atoms with Crippen LogP contribution in [-0.2, 0) is 17.9 Å². The molecule has 24 heavy (non-hydrogen) atoms. The number of carbonyl (C=O) groups is 1. The fourth-order valence-corrected chi connectivity index (χ4v) is 3.77. The molecule has 6 nitrogen and oxygen atoms in total. The van der Waals surface area contributed by atoms with E-state index in [1.54, 1.807) is 0 Å². The van der Waals surface area contributed by atoms with Crippen LogP contribution in [0.2, 0.25) is 0 Å². The van der Waals surface area contributed by atoms with Gasteiger partial charge in [0.1, 0.15) is 0 Å². The van der Waals surface area contributed by atoms with Crippen LogP contribution in [0.4, 0.5) is 0 Å². The van der Waals surface area contributed by atoms with Crippen molar-refractivity contribution in [3.8, 4) is 0 Å². The highest BCUT2D eigenvalue weighted by atomic mass is 16.2. The molecule has 0 saturated carbocycles. The molecule has 0 aromatic carbocycles. The zero-order valence-electron chi connectivity index (χ0n) is 14.9. The molecule has 2 aliphatic heterocycles. The number of nitrogens with one attached hydrogen (secondary N) is 1. The van der Waals surface area contributed by atoms with Crippen molar-refractivity contribution in [3.05, 3.63) is 18.0 Å². The molecule has 0 atom stereocenters. The Balaban J connectivity index is 1.49. The number of aromatic nitrogens is 2. The number of hydrogen-bond donors (Lipinski definition) is 1. The molecular weight excluding hydrogens is 302 g/mol. The summed E-state index contributed by atoms with van der Waals surface area (Å²) in [4.78, 5) is 17.3. The molecule has 1 aromatic heterocycles. The van der Waals surface area contributed by atoms with Crippen molar-refractivity contribution in [1.82, 2.24) is 24.9 Å². The predicted molar refractivity (Wildman–Crippen MR) is 94.6 cm³/mol. The van der Waals surface area contributed by atoms with Gasteiger partial charge in [0.15, 0.2) is 0 Å². The van der Waals surface area contributed by atoms with Gasteiger partial charge < -0.3 is 10.2 Å². The van der Waals surface area contributed by atoms with Crippen molar-refractivity contribution in [2.45, 2.75) is 45.7 Å². The third kappa shape index (κ3) is 4.57. The summed E-state index contributed by atoms with van der Waals surface area (Å²) < 4.78 is 2.03. The van der Waals surface area contributed by atoms with Gasteiger partial charge in [0, 0.05) is 56.9 Å². The Bertz CT molecular complexity index is 523. The molecule has 6 heteroatoms. The number of carbonyl (C=O) groups excluding carboxylic acids is 1. The van der Waals surface area contributed by atoms with Gasteiger partial charge in [-0.2, -0.15) is 5.10 Å². The molecule has 1 N–H and O–H groups in total.